The molecule has 3 heteroatoms. The molecule has 0 aliphatic heterocycles. The summed E-state index contributed by atoms with van der Waals surface area (Å²) >= 11 is 1.93. The van der Waals surface area contributed by atoms with E-state index in [0.717, 1.165) is 12.5 Å². The molecule has 1 fully saturated rings. The Morgan fingerprint density at radius 2 is 2.12 bits per heavy atom. The van der Waals surface area contributed by atoms with E-state index in [0.29, 0.717) is 6.04 Å². The Morgan fingerprint density at radius 1 is 1.50 bits per heavy atom. The predicted octanol–water partition coefficient (Wildman–Crippen LogP) is 2.58. The summed E-state index contributed by atoms with van der Waals surface area (Å²) in [5.74, 6) is 2.19. The van der Waals surface area contributed by atoms with Crippen molar-refractivity contribution < 1.29 is 0 Å². The lowest BCUT2D eigenvalue weighted by Gasteiger charge is -2.42. The van der Waals surface area contributed by atoms with Crippen molar-refractivity contribution >= 4 is 11.8 Å². The maximum Gasteiger partial charge on any atom is 0.0306 e. The van der Waals surface area contributed by atoms with E-state index in [1.54, 1.807) is 0 Å². The summed E-state index contributed by atoms with van der Waals surface area (Å²) < 4.78 is 0. The van der Waals surface area contributed by atoms with Gasteiger partial charge >= 0.3 is 0 Å². The van der Waals surface area contributed by atoms with Crippen molar-refractivity contribution in [2.45, 2.75) is 51.1 Å². The van der Waals surface area contributed by atoms with E-state index in [9.17, 15) is 0 Å². The van der Waals surface area contributed by atoms with E-state index in [1.165, 1.54) is 31.4 Å². The number of nitrogens with two attached hydrogens (primary N) is 1. The highest BCUT2D eigenvalue weighted by molar-refractivity contribution is 7.98. The molecule has 2 nitrogen and oxygen atoms in total. The third-order valence-corrected chi connectivity index (χ3v) is 4.76. The Hall–Kier alpha value is 0.270. The first-order valence-electron chi connectivity index (χ1n) is 6.45. The van der Waals surface area contributed by atoms with Crippen molar-refractivity contribution in [1.29, 1.82) is 0 Å². The van der Waals surface area contributed by atoms with Gasteiger partial charge in [-0.2, -0.15) is 11.8 Å². The molecular formula is C13H28N2S. The third-order valence-electron chi connectivity index (χ3n) is 4.12. The molecule has 0 amide bonds. The lowest BCUT2D eigenvalue weighted by atomic mass is 9.91. The SMILES string of the molecule is CSCCC(C)N(C)C(C)(CN)CC1CC1. The second-order valence-electron chi connectivity index (χ2n) is 5.59. The molecule has 0 heterocycles. The summed E-state index contributed by atoms with van der Waals surface area (Å²) in [6, 6.07) is 0.639. The average Bonchev–Trinajstić information content (AvgIpc) is 3.08. The van der Waals surface area contributed by atoms with Gasteiger partial charge in [-0.25, -0.2) is 0 Å². The fraction of sp³-hybridized carbons (Fsp3) is 1.00. The zero-order valence-corrected chi connectivity index (χ0v) is 12.1. The van der Waals surface area contributed by atoms with Gasteiger partial charge < -0.3 is 5.73 Å². The molecule has 1 aliphatic carbocycles. The van der Waals surface area contributed by atoms with Gasteiger partial charge in [0.15, 0.2) is 0 Å². The number of rotatable bonds is 8. The van der Waals surface area contributed by atoms with Gasteiger partial charge in [0.1, 0.15) is 0 Å². The van der Waals surface area contributed by atoms with Crippen LogP contribution in [0.15, 0.2) is 0 Å². The van der Waals surface area contributed by atoms with Crippen LogP contribution in [0.1, 0.15) is 39.5 Å². The lowest BCUT2D eigenvalue weighted by Crippen LogP contribution is -2.53. The zero-order valence-electron chi connectivity index (χ0n) is 11.3. The molecule has 1 saturated carbocycles. The predicted molar refractivity (Wildman–Crippen MR) is 75.0 cm³/mol. The molecule has 1 rings (SSSR count). The molecule has 0 spiro atoms. The first-order chi connectivity index (χ1) is 7.53. The molecule has 16 heavy (non-hydrogen) atoms. The van der Waals surface area contributed by atoms with Crippen molar-refractivity contribution in [2.24, 2.45) is 11.7 Å². The highest BCUT2D eigenvalue weighted by Crippen LogP contribution is 2.38. The molecule has 0 radical (unpaired) electrons. The van der Waals surface area contributed by atoms with Crippen LogP contribution in [-0.2, 0) is 0 Å². The monoisotopic (exact) mass is 244 g/mol. The molecule has 0 aromatic rings. The van der Waals surface area contributed by atoms with E-state index in [1.807, 2.05) is 11.8 Å². The highest BCUT2D eigenvalue weighted by atomic mass is 32.2. The van der Waals surface area contributed by atoms with Gasteiger partial charge in [-0.05, 0) is 51.7 Å². The lowest BCUT2D eigenvalue weighted by molar-refractivity contribution is 0.0853. The minimum absolute atomic E-state index is 0.207. The zero-order chi connectivity index (χ0) is 12.2. The normalized spacial score (nSPS) is 22.1. The third kappa shape index (κ3) is 3.94. The van der Waals surface area contributed by atoms with Gasteiger partial charge in [0, 0.05) is 18.1 Å². The maximum absolute atomic E-state index is 6.00. The van der Waals surface area contributed by atoms with Gasteiger partial charge in [-0.15, -0.1) is 0 Å². The molecular weight excluding hydrogens is 216 g/mol. The number of hydrogen-bond acceptors (Lipinski definition) is 3. The summed E-state index contributed by atoms with van der Waals surface area (Å²) in [4.78, 5) is 2.52. The van der Waals surface area contributed by atoms with Crippen molar-refractivity contribution in [3.8, 4) is 0 Å². The molecule has 96 valence electrons. The number of thioether (sulfide) groups is 1. The van der Waals surface area contributed by atoms with Crippen LogP contribution in [0.4, 0.5) is 0 Å². The van der Waals surface area contributed by atoms with E-state index < -0.39 is 0 Å². The van der Waals surface area contributed by atoms with Crippen LogP contribution in [0, 0.1) is 5.92 Å². The van der Waals surface area contributed by atoms with Crippen LogP contribution in [-0.4, -0.2) is 42.1 Å². The molecule has 0 aromatic carbocycles. The van der Waals surface area contributed by atoms with E-state index >= 15 is 0 Å². The minimum Gasteiger partial charge on any atom is -0.329 e. The fourth-order valence-electron chi connectivity index (χ4n) is 2.33. The van der Waals surface area contributed by atoms with Crippen LogP contribution in [0.2, 0.25) is 0 Å². The summed E-state index contributed by atoms with van der Waals surface area (Å²) in [6.45, 7) is 5.45. The smallest absolute Gasteiger partial charge is 0.0306 e. The largest absolute Gasteiger partial charge is 0.329 e. The van der Waals surface area contributed by atoms with Gasteiger partial charge in [0.2, 0.25) is 0 Å². The Kier molecular flexibility index (Phi) is 5.62. The van der Waals surface area contributed by atoms with Gasteiger partial charge in [0.05, 0.1) is 0 Å². The Bertz CT molecular complexity index is 206. The molecule has 0 aromatic heterocycles. The highest BCUT2D eigenvalue weighted by Gasteiger charge is 2.36. The number of likely N-dealkylation sites (N-methyl/N-ethyl adjacent to an activating group) is 1. The standard InChI is InChI=1S/C13H28N2S/c1-11(7-8-16-4)15(3)13(2,10-14)9-12-5-6-12/h11-12H,5-10,14H2,1-4H3. The van der Waals surface area contributed by atoms with Crippen molar-refractivity contribution in [3.05, 3.63) is 0 Å². The fourth-order valence-corrected chi connectivity index (χ4v) is 2.91. The van der Waals surface area contributed by atoms with Crippen LogP contribution < -0.4 is 5.73 Å². The van der Waals surface area contributed by atoms with Crippen LogP contribution >= 0.6 is 11.8 Å². The first-order valence-corrected chi connectivity index (χ1v) is 7.85. The van der Waals surface area contributed by atoms with Crippen LogP contribution in [0.5, 0.6) is 0 Å². The Morgan fingerprint density at radius 3 is 2.56 bits per heavy atom. The van der Waals surface area contributed by atoms with Crippen LogP contribution in [0.3, 0.4) is 0 Å². The summed E-state index contributed by atoms with van der Waals surface area (Å²) in [5, 5.41) is 0. The molecule has 0 bridgehead atoms. The van der Waals surface area contributed by atoms with Gasteiger partial charge in [-0.1, -0.05) is 12.8 Å². The molecule has 2 N–H and O–H groups in total. The van der Waals surface area contributed by atoms with Crippen molar-refractivity contribution in [2.75, 3.05) is 25.6 Å². The molecule has 1 aliphatic rings. The summed E-state index contributed by atoms with van der Waals surface area (Å²) in [7, 11) is 2.25. The second-order valence-corrected chi connectivity index (χ2v) is 6.58. The van der Waals surface area contributed by atoms with Gasteiger partial charge in [-0.3, -0.25) is 4.90 Å². The van der Waals surface area contributed by atoms with E-state index in [4.69, 9.17) is 5.73 Å². The van der Waals surface area contributed by atoms with Crippen LogP contribution in [0.25, 0.3) is 0 Å². The summed E-state index contributed by atoms with van der Waals surface area (Å²) in [5.41, 5.74) is 6.21. The second kappa shape index (κ2) is 6.27. The van der Waals surface area contributed by atoms with Crippen molar-refractivity contribution in [1.82, 2.24) is 4.90 Å². The molecule has 0 saturated heterocycles. The van der Waals surface area contributed by atoms with Gasteiger partial charge in [0.25, 0.3) is 0 Å². The van der Waals surface area contributed by atoms with E-state index in [2.05, 4.69) is 32.1 Å². The first kappa shape index (κ1) is 14.3. The Labute approximate surface area is 105 Å². The topological polar surface area (TPSA) is 29.3 Å². The molecule has 2 unspecified atom stereocenters. The Balaban J connectivity index is 2.48. The number of nitrogens with zero attached hydrogens (tertiary/aromatic N) is 1. The van der Waals surface area contributed by atoms with Crippen molar-refractivity contribution in [3.63, 3.8) is 0 Å². The molecule has 2 atom stereocenters. The number of hydrogen-bond donors (Lipinski definition) is 1. The van der Waals surface area contributed by atoms with E-state index in [-0.39, 0.29) is 5.54 Å². The quantitative estimate of drug-likeness (QED) is 0.711. The minimum atomic E-state index is 0.207. The summed E-state index contributed by atoms with van der Waals surface area (Å²) in [6.07, 6.45) is 7.56. The average molecular weight is 244 g/mol. The maximum atomic E-state index is 6.00.